The summed E-state index contributed by atoms with van der Waals surface area (Å²) in [5.74, 6) is -2.37. The summed E-state index contributed by atoms with van der Waals surface area (Å²) in [4.78, 5) is 40.4. The Bertz CT molecular complexity index is 1010. The molecule has 9 nitrogen and oxygen atoms in total. The average Bonchev–Trinajstić information content (AvgIpc) is 2.79. The molecule has 2 atom stereocenters. The molecule has 34 heavy (non-hydrogen) atoms. The molecule has 0 unspecified atom stereocenters. The number of rotatable bonds is 9. The molecule has 0 radical (unpaired) electrons. The van der Waals surface area contributed by atoms with Gasteiger partial charge in [-0.05, 0) is 42.5 Å². The minimum Gasteiger partial charge on any atom is -0.504 e. The van der Waals surface area contributed by atoms with Crippen molar-refractivity contribution in [2.75, 3.05) is 7.11 Å². The number of hydrogen-bond acceptors (Lipinski definition) is 8. The van der Waals surface area contributed by atoms with E-state index in [2.05, 4.69) is 0 Å². The predicted molar refractivity (Wildman–Crippen MR) is 125 cm³/mol. The minimum atomic E-state index is -1.85. The van der Waals surface area contributed by atoms with Crippen molar-refractivity contribution in [2.45, 2.75) is 51.8 Å². The third-order valence-electron chi connectivity index (χ3n) is 5.36. The number of methoxy groups -OCH3 is 1. The molecule has 2 amide bonds. The largest absolute Gasteiger partial charge is 0.504 e. The van der Waals surface area contributed by atoms with Gasteiger partial charge in [0.1, 0.15) is 6.61 Å². The molecule has 9 heteroatoms. The molecule has 0 bridgehead atoms. The van der Waals surface area contributed by atoms with Crippen LogP contribution in [0.3, 0.4) is 0 Å². The molecular formula is C25H32N2O7. The quantitative estimate of drug-likeness (QED) is 0.374. The van der Waals surface area contributed by atoms with Crippen LogP contribution >= 0.6 is 0 Å². The fourth-order valence-electron chi connectivity index (χ4n) is 3.63. The summed E-state index contributed by atoms with van der Waals surface area (Å²) in [6.07, 6.45) is -0.990. The van der Waals surface area contributed by atoms with Gasteiger partial charge in [-0.15, -0.1) is 0 Å². The van der Waals surface area contributed by atoms with Crippen molar-refractivity contribution in [2.24, 2.45) is 11.7 Å². The van der Waals surface area contributed by atoms with Gasteiger partial charge < -0.3 is 25.4 Å². The third-order valence-corrected chi connectivity index (χ3v) is 5.36. The van der Waals surface area contributed by atoms with Gasteiger partial charge in [0.15, 0.2) is 17.0 Å². The second-order valence-electron chi connectivity index (χ2n) is 8.72. The van der Waals surface area contributed by atoms with Gasteiger partial charge in [-0.2, -0.15) is 0 Å². The molecule has 0 aliphatic carbocycles. The van der Waals surface area contributed by atoms with E-state index < -0.39 is 35.3 Å². The molecule has 0 fully saturated rings. The number of nitrogens with zero attached hydrogens (tertiary/aromatic N) is 1. The number of carbonyl (C=O) groups is 3. The molecule has 0 aliphatic rings. The first-order chi connectivity index (χ1) is 16.0. The number of imide groups is 1. The lowest BCUT2D eigenvalue weighted by Gasteiger charge is -2.38. The highest BCUT2D eigenvalue weighted by Crippen LogP contribution is 2.30. The Kier molecular flexibility index (Phi) is 9.03. The van der Waals surface area contributed by atoms with Crippen molar-refractivity contribution in [3.8, 4) is 11.5 Å². The summed E-state index contributed by atoms with van der Waals surface area (Å²) in [5.41, 5.74) is 5.33. The molecule has 2 rings (SSSR count). The summed E-state index contributed by atoms with van der Waals surface area (Å²) in [6.45, 7) is 5.00. The van der Waals surface area contributed by atoms with E-state index >= 15 is 0 Å². The van der Waals surface area contributed by atoms with Crippen LogP contribution in [0.1, 0.15) is 38.3 Å². The van der Waals surface area contributed by atoms with Crippen LogP contribution in [0.25, 0.3) is 0 Å². The van der Waals surface area contributed by atoms with Crippen LogP contribution in [0.2, 0.25) is 0 Å². The predicted octanol–water partition coefficient (Wildman–Crippen LogP) is 3.11. The fourth-order valence-corrected chi connectivity index (χ4v) is 3.63. The van der Waals surface area contributed by atoms with Gasteiger partial charge in [-0.1, -0.05) is 50.2 Å². The van der Waals surface area contributed by atoms with Crippen molar-refractivity contribution >= 4 is 18.0 Å². The normalized spacial score (nSPS) is 13.6. The summed E-state index contributed by atoms with van der Waals surface area (Å²) < 4.78 is 10.4. The topological polar surface area (TPSA) is 139 Å². The van der Waals surface area contributed by atoms with Gasteiger partial charge in [0, 0.05) is 6.42 Å². The molecule has 0 saturated carbocycles. The van der Waals surface area contributed by atoms with Gasteiger partial charge in [-0.25, -0.2) is 14.5 Å². The molecule has 0 aromatic heterocycles. The summed E-state index contributed by atoms with van der Waals surface area (Å²) in [5, 5.41) is 19.5. The number of aromatic hydroxyl groups is 2. The van der Waals surface area contributed by atoms with Crippen LogP contribution in [0.5, 0.6) is 11.5 Å². The number of esters is 1. The lowest BCUT2D eigenvalue weighted by molar-refractivity contribution is -0.159. The van der Waals surface area contributed by atoms with E-state index in [1.165, 1.54) is 25.1 Å². The first-order valence-electron chi connectivity index (χ1n) is 10.9. The SMILES string of the molecule is COC(=O)[C@](C)(Cc1ccc(O)c(O)c1)N(C(=O)OCc1ccccc1)C(=O)[C@@H](N)CC(C)C. The summed E-state index contributed by atoms with van der Waals surface area (Å²) >= 11 is 0. The Balaban J connectivity index is 2.48. The first-order valence-corrected chi connectivity index (χ1v) is 10.9. The van der Waals surface area contributed by atoms with Crippen LogP contribution in [0.15, 0.2) is 48.5 Å². The standard InChI is InChI=1S/C25H32N2O7/c1-16(2)12-19(26)22(30)27(24(32)34-15-17-8-6-5-7-9-17)25(3,23(31)33-4)14-18-10-11-20(28)21(29)13-18/h5-11,13,16,19,28-29H,12,14-15,26H2,1-4H3/t19-,25-/m0/s1. The number of carbonyl (C=O) groups excluding carboxylic acids is 3. The molecule has 2 aromatic rings. The zero-order valence-electron chi connectivity index (χ0n) is 19.9. The fraction of sp³-hybridized carbons (Fsp3) is 0.400. The van der Waals surface area contributed by atoms with E-state index in [0.717, 1.165) is 7.11 Å². The smallest absolute Gasteiger partial charge is 0.417 e. The lowest BCUT2D eigenvalue weighted by Crippen LogP contribution is -2.62. The Hall–Kier alpha value is -3.59. The molecule has 0 saturated heterocycles. The molecule has 184 valence electrons. The highest BCUT2D eigenvalue weighted by molar-refractivity contribution is 6.01. The molecule has 0 heterocycles. The molecule has 4 N–H and O–H groups in total. The Morgan fingerprint density at radius 3 is 2.24 bits per heavy atom. The first kappa shape index (κ1) is 26.7. The zero-order chi connectivity index (χ0) is 25.5. The second-order valence-corrected chi connectivity index (χ2v) is 8.72. The van der Waals surface area contributed by atoms with Crippen molar-refractivity contribution in [3.05, 3.63) is 59.7 Å². The third kappa shape index (κ3) is 6.48. The molecular weight excluding hydrogens is 440 g/mol. The van der Waals surface area contributed by atoms with Gasteiger partial charge in [0.25, 0.3) is 0 Å². The molecule has 2 aromatic carbocycles. The van der Waals surface area contributed by atoms with E-state index in [0.29, 0.717) is 16.0 Å². The summed E-state index contributed by atoms with van der Waals surface area (Å²) in [6, 6.07) is 11.7. The maximum Gasteiger partial charge on any atom is 0.417 e. The van der Waals surface area contributed by atoms with Crippen LogP contribution in [-0.2, 0) is 32.1 Å². The van der Waals surface area contributed by atoms with E-state index in [1.54, 1.807) is 24.3 Å². The highest BCUT2D eigenvalue weighted by atomic mass is 16.6. The number of hydrogen-bond donors (Lipinski definition) is 3. The van der Waals surface area contributed by atoms with E-state index in [1.807, 2.05) is 19.9 Å². The average molecular weight is 473 g/mol. The maximum atomic E-state index is 13.4. The van der Waals surface area contributed by atoms with Gasteiger partial charge in [0.05, 0.1) is 13.2 Å². The number of amides is 2. The molecule has 0 spiro atoms. The van der Waals surface area contributed by atoms with Crippen molar-refractivity contribution in [1.29, 1.82) is 0 Å². The van der Waals surface area contributed by atoms with Crippen molar-refractivity contribution < 1.29 is 34.1 Å². The Morgan fingerprint density at radius 1 is 1.03 bits per heavy atom. The van der Waals surface area contributed by atoms with E-state index in [4.69, 9.17) is 15.2 Å². The number of phenols is 2. The maximum absolute atomic E-state index is 13.4. The number of nitrogens with two attached hydrogens (primary N) is 1. The summed E-state index contributed by atoms with van der Waals surface area (Å²) in [7, 11) is 1.14. The zero-order valence-corrected chi connectivity index (χ0v) is 19.9. The van der Waals surface area contributed by atoms with E-state index in [-0.39, 0.29) is 31.1 Å². The van der Waals surface area contributed by atoms with Crippen molar-refractivity contribution in [3.63, 3.8) is 0 Å². The Morgan fingerprint density at radius 2 is 1.68 bits per heavy atom. The van der Waals surface area contributed by atoms with Gasteiger partial charge in [-0.3, -0.25) is 4.79 Å². The lowest BCUT2D eigenvalue weighted by atomic mass is 9.89. The number of ether oxygens (including phenoxy) is 2. The van der Waals surface area contributed by atoms with Crippen LogP contribution in [-0.4, -0.2) is 51.8 Å². The van der Waals surface area contributed by atoms with Crippen molar-refractivity contribution in [1.82, 2.24) is 4.90 Å². The second kappa shape index (κ2) is 11.5. The van der Waals surface area contributed by atoms with Crippen LogP contribution in [0.4, 0.5) is 4.79 Å². The van der Waals surface area contributed by atoms with E-state index in [9.17, 15) is 24.6 Å². The van der Waals surface area contributed by atoms with Gasteiger partial charge in [0.2, 0.25) is 5.91 Å². The minimum absolute atomic E-state index is 0.0552. The van der Waals surface area contributed by atoms with Gasteiger partial charge >= 0.3 is 12.1 Å². The van der Waals surface area contributed by atoms with Crippen LogP contribution < -0.4 is 5.73 Å². The van der Waals surface area contributed by atoms with Crippen LogP contribution in [0, 0.1) is 5.92 Å². The Labute approximate surface area is 199 Å². The monoisotopic (exact) mass is 472 g/mol. The highest BCUT2D eigenvalue weighted by Gasteiger charge is 2.49. The molecule has 0 aliphatic heterocycles. The number of benzene rings is 2. The number of phenolic OH excluding ortho intramolecular Hbond substituents is 2.